The van der Waals surface area contributed by atoms with Crippen LogP contribution >= 0.6 is 12.2 Å². The van der Waals surface area contributed by atoms with Crippen LogP contribution in [0.1, 0.15) is 5.56 Å². The van der Waals surface area contributed by atoms with Gasteiger partial charge >= 0.3 is 0 Å². The fourth-order valence-corrected chi connectivity index (χ4v) is 2.66. The van der Waals surface area contributed by atoms with Gasteiger partial charge in [-0.3, -0.25) is 0 Å². The van der Waals surface area contributed by atoms with Crippen molar-refractivity contribution in [2.24, 2.45) is 0 Å². The Kier molecular flexibility index (Phi) is 7.76. The zero-order chi connectivity index (χ0) is 19.6. The third-order valence-electron chi connectivity index (χ3n) is 3.68. The predicted molar refractivity (Wildman–Crippen MR) is 111 cm³/mol. The van der Waals surface area contributed by atoms with Crippen molar-refractivity contribution in [3.05, 3.63) is 54.6 Å². The largest absolute Gasteiger partial charge is 0.493 e. The lowest BCUT2D eigenvalue weighted by molar-refractivity contribution is 0.322. The number of methoxy groups -OCH3 is 3. The van der Waals surface area contributed by atoms with E-state index in [4.69, 9.17) is 31.2 Å². The first-order valence-corrected chi connectivity index (χ1v) is 8.70. The summed E-state index contributed by atoms with van der Waals surface area (Å²) >= 11 is 5.38. The average Bonchev–Trinajstić information content (AvgIpc) is 2.69. The van der Waals surface area contributed by atoms with Gasteiger partial charge in [-0.05, 0) is 36.5 Å². The molecular formula is C20H24N2O4S. The van der Waals surface area contributed by atoms with Gasteiger partial charge in [-0.25, -0.2) is 0 Å². The van der Waals surface area contributed by atoms with Gasteiger partial charge in [0.25, 0.3) is 0 Å². The summed E-state index contributed by atoms with van der Waals surface area (Å²) in [4.78, 5) is 0. The highest BCUT2D eigenvalue weighted by molar-refractivity contribution is 7.80. The number of nitrogens with one attached hydrogen (secondary N) is 2. The maximum Gasteiger partial charge on any atom is 0.203 e. The molecule has 0 amide bonds. The average molecular weight is 388 g/mol. The van der Waals surface area contributed by atoms with Crippen LogP contribution in [0.25, 0.3) is 0 Å². The van der Waals surface area contributed by atoms with Gasteiger partial charge in [-0.2, -0.15) is 0 Å². The molecule has 0 unspecified atom stereocenters. The molecule has 0 saturated carbocycles. The maximum atomic E-state index is 5.52. The molecule has 0 aliphatic heterocycles. The fourth-order valence-electron chi connectivity index (χ4n) is 2.47. The van der Waals surface area contributed by atoms with Crippen molar-refractivity contribution in [1.82, 2.24) is 5.32 Å². The molecule has 0 saturated heterocycles. The van der Waals surface area contributed by atoms with Crippen molar-refractivity contribution in [2.75, 3.05) is 33.3 Å². The zero-order valence-corrected chi connectivity index (χ0v) is 16.5. The zero-order valence-electron chi connectivity index (χ0n) is 15.7. The summed E-state index contributed by atoms with van der Waals surface area (Å²) in [5, 5.41) is 6.78. The van der Waals surface area contributed by atoms with Crippen LogP contribution in [0.2, 0.25) is 0 Å². The van der Waals surface area contributed by atoms with E-state index in [-0.39, 0.29) is 0 Å². The number of hydrogen-bond donors (Lipinski definition) is 2. The molecule has 0 fully saturated rings. The van der Waals surface area contributed by atoms with Gasteiger partial charge in [0.1, 0.15) is 12.4 Å². The standard InChI is InChI=1S/C20H24N2O4S/c1-5-11-26-16-8-6-7-15(12-16)22-20(27)21-13-14-9-10-17(23-2)19(25-4)18(14)24-3/h5-10,12H,1,11,13H2,2-4H3,(H2,21,22,27). The Labute approximate surface area is 165 Å². The van der Waals surface area contributed by atoms with Gasteiger partial charge in [0.05, 0.1) is 21.3 Å². The van der Waals surface area contributed by atoms with Gasteiger partial charge in [-0.1, -0.05) is 18.7 Å². The summed E-state index contributed by atoms with van der Waals surface area (Å²) in [6.45, 7) is 4.55. The number of rotatable bonds is 9. The van der Waals surface area contributed by atoms with Crippen molar-refractivity contribution in [3.63, 3.8) is 0 Å². The topological polar surface area (TPSA) is 61.0 Å². The summed E-state index contributed by atoms with van der Waals surface area (Å²) in [5.74, 6) is 2.50. The van der Waals surface area contributed by atoms with Crippen molar-refractivity contribution >= 4 is 23.0 Å². The van der Waals surface area contributed by atoms with Gasteiger partial charge in [0.2, 0.25) is 5.75 Å². The number of benzene rings is 2. The molecule has 6 nitrogen and oxygen atoms in total. The van der Waals surface area contributed by atoms with Crippen LogP contribution in [0.3, 0.4) is 0 Å². The molecule has 0 bridgehead atoms. The first-order chi connectivity index (χ1) is 13.1. The van der Waals surface area contributed by atoms with E-state index in [1.54, 1.807) is 27.4 Å². The highest BCUT2D eigenvalue weighted by Gasteiger charge is 2.15. The van der Waals surface area contributed by atoms with Crippen LogP contribution < -0.4 is 29.6 Å². The molecule has 0 aliphatic carbocycles. The van der Waals surface area contributed by atoms with Crippen LogP contribution in [0.4, 0.5) is 5.69 Å². The van der Waals surface area contributed by atoms with Gasteiger partial charge in [-0.15, -0.1) is 0 Å². The second-order valence-corrected chi connectivity index (χ2v) is 5.84. The van der Waals surface area contributed by atoms with E-state index in [2.05, 4.69) is 17.2 Å². The third-order valence-corrected chi connectivity index (χ3v) is 3.93. The molecule has 0 spiro atoms. The van der Waals surface area contributed by atoms with Crippen LogP contribution in [0.5, 0.6) is 23.0 Å². The van der Waals surface area contributed by atoms with Gasteiger partial charge in [0.15, 0.2) is 16.6 Å². The van der Waals surface area contributed by atoms with Crippen molar-refractivity contribution in [2.45, 2.75) is 6.54 Å². The molecule has 2 aromatic carbocycles. The Bertz CT molecular complexity index is 796. The molecule has 2 rings (SSSR count). The lowest BCUT2D eigenvalue weighted by atomic mass is 10.1. The predicted octanol–water partition coefficient (Wildman–Crippen LogP) is 3.76. The SMILES string of the molecule is C=CCOc1cccc(NC(=S)NCc2ccc(OC)c(OC)c2OC)c1. The molecule has 7 heteroatoms. The van der Waals surface area contributed by atoms with E-state index in [9.17, 15) is 0 Å². The van der Waals surface area contributed by atoms with E-state index in [1.165, 1.54) is 0 Å². The Balaban J connectivity index is 2.02. The minimum atomic E-state index is 0.450. The normalized spacial score (nSPS) is 9.89. The monoisotopic (exact) mass is 388 g/mol. The quantitative estimate of drug-likeness (QED) is 0.501. The molecule has 2 N–H and O–H groups in total. The highest BCUT2D eigenvalue weighted by Crippen LogP contribution is 2.39. The molecule has 0 radical (unpaired) electrons. The first-order valence-electron chi connectivity index (χ1n) is 8.29. The van der Waals surface area contributed by atoms with Crippen molar-refractivity contribution in [3.8, 4) is 23.0 Å². The van der Waals surface area contributed by atoms with Crippen molar-refractivity contribution < 1.29 is 18.9 Å². The van der Waals surface area contributed by atoms with Crippen LogP contribution in [0, 0.1) is 0 Å². The van der Waals surface area contributed by atoms with Gasteiger partial charge in [0, 0.05) is 23.9 Å². The lowest BCUT2D eigenvalue weighted by Crippen LogP contribution is -2.28. The second kappa shape index (κ2) is 10.3. The molecule has 0 aromatic heterocycles. The van der Waals surface area contributed by atoms with E-state index >= 15 is 0 Å². The number of anilines is 1. The van der Waals surface area contributed by atoms with E-state index in [0.29, 0.717) is 35.5 Å². The minimum Gasteiger partial charge on any atom is -0.493 e. The summed E-state index contributed by atoms with van der Waals surface area (Å²) in [5.41, 5.74) is 1.72. The summed E-state index contributed by atoms with van der Waals surface area (Å²) in [7, 11) is 4.75. The molecule has 0 atom stereocenters. The Morgan fingerprint density at radius 1 is 1.07 bits per heavy atom. The fraction of sp³-hybridized carbons (Fsp3) is 0.250. The van der Waals surface area contributed by atoms with Gasteiger partial charge < -0.3 is 29.6 Å². The summed E-state index contributed by atoms with van der Waals surface area (Å²) in [6, 6.07) is 11.3. The lowest BCUT2D eigenvalue weighted by Gasteiger charge is -2.17. The molecule has 2 aromatic rings. The first kappa shape index (κ1) is 20.4. The minimum absolute atomic E-state index is 0.450. The van der Waals surface area contributed by atoms with Crippen LogP contribution in [-0.4, -0.2) is 33.0 Å². The smallest absolute Gasteiger partial charge is 0.203 e. The Morgan fingerprint density at radius 3 is 2.52 bits per heavy atom. The summed E-state index contributed by atoms with van der Waals surface area (Å²) < 4.78 is 21.7. The number of thiocarbonyl (C=S) groups is 1. The molecule has 0 aliphatic rings. The Hall–Kier alpha value is -2.93. The number of ether oxygens (including phenoxy) is 4. The van der Waals surface area contributed by atoms with E-state index in [1.807, 2.05) is 36.4 Å². The molecule has 144 valence electrons. The van der Waals surface area contributed by atoms with E-state index < -0.39 is 0 Å². The highest BCUT2D eigenvalue weighted by atomic mass is 32.1. The third kappa shape index (κ3) is 5.52. The van der Waals surface area contributed by atoms with Crippen molar-refractivity contribution in [1.29, 1.82) is 0 Å². The Morgan fingerprint density at radius 2 is 1.85 bits per heavy atom. The molecule has 27 heavy (non-hydrogen) atoms. The van der Waals surface area contributed by atoms with Crippen LogP contribution in [-0.2, 0) is 6.54 Å². The number of hydrogen-bond acceptors (Lipinski definition) is 5. The molecule has 0 heterocycles. The second-order valence-electron chi connectivity index (χ2n) is 5.43. The summed E-state index contributed by atoms with van der Waals surface area (Å²) in [6.07, 6.45) is 1.70. The van der Waals surface area contributed by atoms with Crippen LogP contribution in [0.15, 0.2) is 49.1 Å². The van der Waals surface area contributed by atoms with E-state index in [0.717, 1.165) is 17.0 Å². The maximum absolute atomic E-state index is 5.52. The molecular weight excluding hydrogens is 364 g/mol.